The smallest absolute Gasteiger partial charge is 0.309 e. The Morgan fingerprint density at radius 1 is 1.40 bits per heavy atom. The van der Waals surface area contributed by atoms with E-state index in [9.17, 15) is 10.1 Å². The first-order valence-electron chi connectivity index (χ1n) is 7.03. The Balaban J connectivity index is 2.06. The molecule has 1 aliphatic rings. The number of nitrogens with one attached hydrogen (secondary N) is 1. The molecule has 5 nitrogen and oxygen atoms in total. The molecule has 0 amide bonds. The van der Waals surface area contributed by atoms with Crippen LogP contribution in [0.15, 0.2) is 18.2 Å². The second-order valence-electron chi connectivity index (χ2n) is 5.58. The summed E-state index contributed by atoms with van der Waals surface area (Å²) in [6, 6.07) is 6.71. The Bertz CT molecular complexity index is 528. The quantitative estimate of drug-likeness (QED) is 0.670. The number of nitrogens with zero attached hydrogens (tertiary/aromatic N) is 2. The minimum absolute atomic E-state index is 0.109. The Labute approximate surface area is 118 Å². The summed E-state index contributed by atoms with van der Waals surface area (Å²) in [5, 5.41) is 23.2. The molecule has 5 heteroatoms. The molecule has 1 aliphatic carbocycles. The maximum absolute atomic E-state index is 11.1. The molecule has 0 radical (unpaired) electrons. The van der Waals surface area contributed by atoms with Gasteiger partial charge in [-0.15, -0.1) is 0 Å². The number of anilines is 1. The van der Waals surface area contributed by atoms with E-state index >= 15 is 0 Å². The highest BCUT2D eigenvalue weighted by Crippen LogP contribution is 2.31. The van der Waals surface area contributed by atoms with Crippen molar-refractivity contribution in [2.24, 2.45) is 11.8 Å². The van der Waals surface area contributed by atoms with E-state index in [1.165, 1.54) is 31.7 Å². The number of nitro benzene ring substituents is 1. The van der Waals surface area contributed by atoms with E-state index in [2.05, 4.69) is 12.2 Å². The second kappa shape index (κ2) is 6.38. The summed E-state index contributed by atoms with van der Waals surface area (Å²) in [5.41, 5.74) is 0.448. The van der Waals surface area contributed by atoms with Crippen molar-refractivity contribution in [3.05, 3.63) is 33.9 Å². The third-order valence-corrected chi connectivity index (χ3v) is 4.06. The molecule has 106 valence electrons. The largest absolute Gasteiger partial charge is 0.379 e. The monoisotopic (exact) mass is 273 g/mol. The molecule has 2 rings (SSSR count). The number of benzene rings is 1. The zero-order valence-electron chi connectivity index (χ0n) is 11.6. The molecule has 0 spiro atoms. The van der Waals surface area contributed by atoms with Crippen molar-refractivity contribution in [2.45, 2.75) is 32.6 Å². The lowest BCUT2D eigenvalue weighted by molar-refractivity contribution is -0.384. The van der Waals surface area contributed by atoms with Gasteiger partial charge in [-0.2, -0.15) is 5.26 Å². The summed E-state index contributed by atoms with van der Waals surface area (Å²) in [4.78, 5) is 10.6. The molecule has 0 heterocycles. The van der Waals surface area contributed by atoms with E-state index in [0.29, 0.717) is 11.6 Å². The molecule has 1 aromatic carbocycles. The predicted molar refractivity (Wildman–Crippen MR) is 77.4 cm³/mol. The minimum Gasteiger partial charge on any atom is -0.379 e. The van der Waals surface area contributed by atoms with Crippen LogP contribution in [-0.4, -0.2) is 11.5 Å². The number of rotatable bonds is 4. The van der Waals surface area contributed by atoms with Gasteiger partial charge in [0.25, 0.3) is 0 Å². The molecule has 0 unspecified atom stereocenters. The summed E-state index contributed by atoms with van der Waals surface area (Å²) in [6.45, 7) is 3.01. The Hall–Kier alpha value is -2.09. The number of para-hydroxylation sites is 1. The molecule has 1 fully saturated rings. The molecule has 0 saturated heterocycles. The van der Waals surface area contributed by atoms with Gasteiger partial charge in [-0.3, -0.25) is 10.1 Å². The fourth-order valence-corrected chi connectivity index (χ4v) is 2.76. The van der Waals surface area contributed by atoms with Crippen molar-refractivity contribution in [3.8, 4) is 6.07 Å². The molecule has 0 aliphatic heterocycles. The third kappa shape index (κ3) is 3.27. The predicted octanol–water partition coefficient (Wildman–Crippen LogP) is 3.70. The van der Waals surface area contributed by atoms with Crippen molar-refractivity contribution in [1.29, 1.82) is 5.26 Å². The van der Waals surface area contributed by atoms with Gasteiger partial charge in [-0.25, -0.2) is 0 Å². The van der Waals surface area contributed by atoms with E-state index in [4.69, 9.17) is 5.26 Å². The molecule has 20 heavy (non-hydrogen) atoms. The van der Waals surface area contributed by atoms with Gasteiger partial charge < -0.3 is 5.32 Å². The van der Waals surface area contributed by atoms with Crippen molar-refractivity contribution < 1.29 is 4.92 Å². The van der Waals surface area contributed by atoms with Gasteiger partial charge in [-0.1, -0.05) is 25.8 Å². The standard InChI is InChI=1S/C15H19N3O2/c1-11-5-7-12(8-6-11)10-17-14-4-2-3-13(9-16)15(14)18(19)20/h2-4,11-12,17H,5-8,10H2,1H3. The summed E-state index contributed by atoms with van der Waals surface area (Å²) in [7, 11) is 0. The maximum Gasteiger partial charge on any atom is 0.309 e. The first-order valence-corrected chi connectivity index (χ1v) is 7.03. The van der Waals surface area contributed by atoms with Gasteiger partial charge in [0.15, 0.2) is 0 Å². The van der Waals surface area contributed by atoms with Crippen molar-refractivity contribution in [3.63, 3.8) is 0 Å². The van der Waals surface area contributed by atoms with Gasteiger partial charge in [0, 0.05) is 6.54 Å². The van der Waals surface area contributed by atoms with Crippen LogP contribution in [0.5, 0.6) is 0 Å². The molecule has 0 bridgehead atoms. The van der Waals surface area contributed by atoms with Gasteiger partial charge in [0.2, 0.25) is 0 Å². The van der Waals surface area contributed by atoms with E-state index in [1.54, 1.807) is 12.1 Å². The minimum atomic E-state index is -0.482. The van der Waals surface area contributed by atoms with Crippen LogP contribution < -0.4 is 5.32 Å². The topological polar surface area (TPSA) is 79.0 Å². The SMILES string of the molecule is CC1CCC(CNc2cccc(C#N)c2[N+](=O)[O-])CC1. The van der Waals surface area contributed by atoms with E-state index in [-0.39, 0.29) is 11.3 Å². The number of nitriles is 1. The summed E-state index contributed by atoms with van der Waals surface area (Å²) < 4.78 is 0. The molecule has 1 N–H and O–H groups in total. The maximum atomic E-state index is 11.1. The summed E-state index contributed by atoms with van der Waals surface area (Å²) in [6.07, 6.45) is 4.79. The normalized spacial score (nSPS) is 22.0. The molecule has 0 atom stereocenters. The van der Waals surface area contributed by atoms with E-state index in [0.717, 1.165) is 12.5 Å². The fourth-order valence-electron chi connectivity index (χ4n) is 2.76. The van der Waals surface area contributed by atoms with Gasteiger partial charge in [-0.05, 0) is 36.8 Å². The average molecular weight is 273 g/mol. The molecule has 1 saturated carbocycles. The van der Waals surface area contributed by atoms with Crippen LogP contribution in [-0.2, 0) is 0 Å². The first-order chi connectivity index (χ1) is 9.61. The van der Waals surface area contributed by atoms with Crippen LogP contribution >= 0.6 is 0 Å². The lowest BCUT2D eigenvalue weighted by Crippen LogP contribution is -2.20. The lowest BCUT2D eigenvalue weighted by atomic mass is 9.83. The molecular weight excluding hydrogens is 254 g/mol. The lowest BCUT2D eigenvalue weighted by Gasteiger charge is -2.26. The average Bonchev–Trinajstić information content (AvgIpc) is 2.46. The molecule has 1 aromatic rings. The Morgan fingerprint density at radius 3 is 2.70 bits per heavy atom. The fraction of sp³-hybridized carbons (Fsp3) is 0.533. The summed E-state index contributed by atoms with van der Waals surface area (Å²) >= 11 is 0. The van der Waals surface area contributed by atoms with Crippen LogP contribution in [0.4, 0.5) is 11.4 Å². The zero-order valence-corrected chi connectivity index (χ0v) is 11.6. The highest BCUT2D eigenvalue weighted by Gasteiger charge is 2.22. The zero-order chi connectivity index (χ0) is 14.5. The van der Waals surface area contributed by atoms with E-state index in [1.807, 2.05) is 6.07 Å². The molecule has 0 aromatic heterocycles. The van der Waals surface area contributed by atoms with Gasteiger partial charge in [0.05, 0.1) is 4.92 Å². The van der Waals surface area contributed by atoms with Crippen molar-refractivity contribution >= 4 is 11.4 Å². The van der Waals surface area contributed by atoms with Crippen molar-refractivity contribution in [2.75, 3.05) is 11.9 Å². The first kappa shape index (κ1) is 14.3. The third-order valence-electron chi connectivity index (χ3n) is 4.06. The Kier molecular flexibility index (Phi) is 4.57. The van der Waals surface area contributed by atoms with E-state index < -0.39 is 4.92 Å². The van der Waals surface area contributed by atoms with Crippen LogP contribution in [0.3, 0.4) is 0 Å². The summed E-state index contributed by atoms with van der Waals surface area (Å²) in [5.74, 6) is 1.36. The number of hydrogen-bond donors (Lipinski definition) is 1. The van der Waals surface area contributed by atoms with Crippen LogP contribution in [0.1, 0.15) is 38.2 Å². The van der Waals surface area contributed by atoms with Gasteiger partial charge >= 0.3 is 5.69 Å². The van der Waals surface area contributed by atoms with Crippen molar-refractivity contribution in [1.82, 2.24) is 0 Å². The Morgan fingerprint density at radius 2 is 2.10 bits per heavy atom. The second-order valence-corrected chi connectivity index (χ2v) is 5.58. The highest BCUT2D eigenvalue weighted by atomic mass is 16.6. The van der Waals surface area contributed by atoms with Crippen LogP contribution in [0.25, 0.3) is 0 Å². The highest BCUT2D eigenvalue weighted by molar-refractivity contribution is 5.68. The number of nitro groups is 1. The van der Waals surface area contributed by atoms with Gasteiger partial charge in [0.1, 0.15) is 17.3 Å². The van der Waals surface area contributed by atoms with Crippen LogP contribution in [0.2, 0.25) is 0 Å². The van der Waals surface area contributed by atoms with Crippen LogP contribution in [0, 0.1) is 33.3 Å². The molecular formula is C15H19N3O2. The number of hydrogen-bond acceptors (Lipinski definition) is 4.